The van der Waals surface area contributed by atoms with Gasteiger partial charge in [-0.05, 0) is 26.2 Å². The maximum atomic E-state index is 13.5. The molecule has 0 radical (unpaired) electrons. The van der Waals surface area contributed by atoms with E-state index in [1.165, 1.54) is 12.4 Å². The lowest BCUT2D eigenvalue weighted by atomic mass is 10.3. The van der Waals surface area contributed by atoms with Gasteiger partial charge >= 0.3 is 0 Å². The number of nitrogens with zero attached hydrogens (tertiary/aromatic N) is 3. The van der Waals surface area contributed by atoms with Crippen molar-refractivity contribution in [2.45, 2.75) is 0 Å². The van der Waals surface area contributed by atoms with Crippen LogP contribution in [0.15, 0.2) is 36.7 Å². The van der Waals surface area contributed by atoms with Crippen LogP contribution in [0.1, 0.15) is 0 Å². The number of aromatic nitrogens is 2. The van der Waals surface area contributed by atoms with Gasteiger partial charge in [0.1, 0.15) is 23.8 Å². The van der Waals surface area contributed by atoms with Crippen molar-refractivity contribution in [1.82, 2.24) is 14.9 Å². The second kappa shape index (κ2) is 6.81. The Bertz CT molecular complexity index is 559. The van der Waals surface area contributed by atoms with Crippen molar-refractivity contribution in [3.8, 4) is 0 Å². The molecule has 0 aliphatic rings. The minimum absolute atomic E-state index is 0.312. The van der Waals surface area contributed by atoms with Crippen molar-refractivity contribution >= 4 is 17.3 Å². The zero-order valence-electron chi connectivity index (χ0n) is 11.6. The van der Waals surface area contributed by atoms with Crippen LogP contribution in [0.25, 0.3) is 0 Å². The van der Waals surface area contributed by atoms with E-state index in [4.69, 9.17) is 0 Å². The number of nitrogens with one attached hydrogen (secondary N) is 2. The SMILES string of the molecule is CN(C)CCNc1cc(Nc2ccccc2F)ncn1. The van der Waals surface area contributed by atoms with Crippen LogP contribution in [0, 0.1) is 5.82 Å². The average molecular weight is 275 g/mol. The van der Waals surface area contributed by atoms with Gasteiger partial charge in [-0.15, -0.1) is 0 Å². The van der Waals surface area contributed by atoms with Crippen molar-refractivity contribution < 1.29 is 4.39 Å². The molecule has 2 rings (SSSR count). The third-order valence-corrected chi connectivity index (χ3v) is 2.67. The van der Waals surface area contributed by atoms with Gasteiger partial charge in [0.15, 0.2) is 0 Å². The molecule has 1 aromatic carbocycles. The number of hydrogen-bond acceptors (Lipinski definition) is 5. The fourth-order valence-electron chi connectivity index (χ4n) is 1.63. The lowest BCUT2D eigenvalue weighted by molar-refractivity contribution is 0.425. The van der Waals surface area contributed by atoms with Gasteiger partial charge in [0, 0.05) is 19.2 Å². The number of likely N-dealkylation sites (N-methyl/N-ethyl adjacent to an activating group) is 1. The first-order chi connectivity index (χ1) is 9.65. The van der Waals surface area contributed by atoms with E-state index in [9.17, 15) is 4.39 Å². The first-order valence-electron chi connectivity index (χ1n) is 6.37. The number of halogens is 1. The second-order valence-corrected chi connectivity index (χ2v) is 4.62. The molecule has 0 saturated heterocycles. The fraction of sp³-hybridized carbons (Fsp3) is 0.286. The molecule has 0 saturated carbocycles. The van der Waals surface area contributed by atoms with Crippen LogP contribution in [0.5, 0.6) is 0 Å². The summed E-state index contributed by atoms with van der Waals surface area (Å²) in [5, 5.41) is 6.13. The van der Waals surface area contributed by atoms with Gasteiger partial charge in [0.25, 0.3) is 0 Å². The van der Waals surface area contributed by atoms with Crippen LogP contribution in [-0.4, -0.2) is 42.1 Å². The van der Waals surface area contributed by atoms with Crippen LogP contribution in [0.4, 0.5) is 21.7 Å². The Morgan fingerprint density at radius 1 is 1.15 bits per heavy atom. The Morgan fingerprint density at radius 3 is 2.65 bits per heavy atom. The zero-order valence-corrected chi connectivity index (χ0v) is 11.6. The summed E-state index contributed by atoms with van der Waals surface area (Å²) in [6.45, 7) is 1.68. The zero-order chi connectivity index (χ0) is 14.4. The molecule has 1 heterocycles. The Kier molecular flexibility index (Phi) is 4.84. The summed E-state index contributed by atoms with van der Waals surface area (Å²) < 4.78 is 13.5. The van der Waals surface area contributed by atoms with Gasteiger partial charge in [0.2, 0.25) is 0 Å². The lowest BCUT2D eigenvalue weighted by Crippen LogP contribution is -2.21. The third-order valence-electron chi connectivity index (χ3n) is 2.67. The smallest absolute Gasteiger partial charge is 0.146 e. The number of anilines is 3. The normalized spacial score (nSPS) is 10.6. The van der Waals surface area contributed by atoms with Crippen molar-refractivity contribution in [1.29, 1.82) is 0 Å². The van der Waals surface area contributed by atoms with E-state index in [0.717, 1.165) is 13.1 Å². The molecule has 20 heavy (non-hydrogen) atoms. The monoisotopic (exact) mass is 275 g/mol. The molecule has 6 heteroatoms. The van der Waals surface area contributed by atoms with Gasteiger partial charge in [-0.25, -0.2) is 14.4 Å². The summed E-state index contributed by atoms with van der Waals surface area (Å²) in [5.41, 5.74) is 0.394. The third kappa shape index (κ3) is 4.17. The maximum absolute atomic E-state index is 13.5. The Morgan fingerprint density at radius 2 is 1.90 bits per heavy atom. The van der Waals surface area contributed by atoms with Gasteiger partial charge in [-0.2, -0.15) is 0 Å². The predicted octanol–water partition coefficient (Wildman–Crippen LogP) is 2.33. The Balaban J connectivity index is 2.01. The van der Waals surface area contributed by atoms with E-state index in [2.05, 4.69) is 25.5 Å². The topological polar surface area (TPSA) is 53.1 Å². The van der Waals surface area contributed by atoms with Crippen molar-refractivity contribution in [3.63, 3.8) is 0 Å². The standard InChI is InChI=1S/C14H18FN5/c1-20(2)8-7-16-13-9-14(18-10-17-13)19-12-6-4-3-5-11(12)15/h3-6,9-10H,7-8H2,1-2H3,(H2,16,17,18,19). The summed E-state index contributed by atoms with van der Waals surface area (Å²) in [5.74, 6) is 0.950. The molecule has 0 spiro atoms. The minimum Gasteiger partial charge on any atom is -0.369 e. The summed E-state index contributed by atoms with van der Waals surface area (Å²) >= 11 is 0. The van der Waals surface area contributed by atoms with E-state index >= 15 is 0 Å². The lowest BCUT2D eigenvalue weighted by Gasteiger charge is -2.11. The van der Waals surface area contributed by atoms with Crippen molar-refractivity contribution in [2.24, 2.45) is 0 Å². The molecule has 2 aromatic rings. The Hall–Kier alpha value is -2.21. The fourth-order valence-corrected chi connectivity index (χ4v) is 1.63. The molecule has 106 valence electrons. The molecule has 0 atom stereocenters. The van der Waals surface area contributed by atoms with Gasteiger partial charge < -0.3 is 15.5 Å². The number of benzene rings is 1. The molecule has 0 fully saturated rings. The first kappa shape index (κ1) is 14.2. The first-order valence-corrected chi connectivity index (χ1v) is 6.37. The van der Waals surface area contributed by atoms with E-state index in [1.54, 1.807) is 24.3 Å². The summed E-state index contributed by atoms with van der Waals surface area (Å²) in [6, 6.07) is 8.23. The molecule has 1 aromatic heterocycles. The summed E-state index contributed by atoms with van der Waals surface area (Å²) in [4.78, 5) is 10.3. The molecule has 0 aliphatic carbocycles. The van der Waals surface area contributed by atoms with E-state index in [-0.39, 0.29) is 5.82 Å². The molecule has 0 aliphatic heterocycles. The van der Waals surface area contributed by atoms with Crippen LogP contribution >= 0.6 is 0 Å². The average Bonchev–Trinajstić information content (AvgIpc) is 2.41. The molecule has 5 nitrogen and oxygen atoms in total. The molecule has 2 N–H and O–H groups in total. The van der Waals surface area contributed by atoms with E-state index in [1.807, 2.05) is 14.1 Å². The van der Waals surface area contributed by atoms with Crippen molar-refractivity contribution in [2.75, 3.05) is 37.8 Å². The van der Waals surface area contributed by atoms with Gasteiger partial charge in [-0.1, -0.05) is 12.1 Å². The minimum atomic E-state index is -0.312. The van der Waals surface area contributed by atoms with Crippen LogP contribution in [0.2, 0.25) is 0 Å². The second-order valence-electron chi connectivity index (χ2n) is 4.62. The maximum Gasteiger partial charge on any atom is 0.146 e. The quantitative estimate of drug-likeness (QED) is 0.847. The molecular formula is C14H18FN5. The Labute approximate surface area is 117 Å². The molecular weight excluding hydrogens is 257 g/mol. The largest absolute Gasteiger partial charge is 0.369 e. The summed E-state index contributed by atoms with van der Waals surface area (Å²) in [7, 11) is 4.01. The van der Waals surface area contributed by atoms with Gasteiger partial charge in [-0.3, -0.25) is 0 Å². The van der Waals surface area contributed by atoms with Crippen LogP contribution in [-0.2, 0) is 0 Å². The highest BCUT2D eigenvalue weighted by Crippen LogP contribution is 2.18. The predicted molar refractivity (Wildman–Crippen MR) is 78.8 cm³/mol. The molecule has 0 bridgehead atoms. The molecule has 0 amide bonds. The van der Waals surface area contributed by atoms with E-state index in [0.29, 0.717) is 17.3 Å². The van der Waals surface area contributed by atoms with Crippen LogP contribution in [0.3, 0.4) is 0 Å². The number of hydrogen-bond donors (Lipinski definition) is 2. The highest BCUT2D eigenvalue weighted by atomic mass is 19.1. The molecule has 0 unspecified atom stereocenters. The highest BCUT2D eigenvalue weighted by molar-refractivity contribution is 5.59. The van der Waals surface area contributed by atoms with Crippen molar-refractivity contribution in [3.05, 3.63) is 42.5 Å². The summed E-state index contributed by atoms with van der Waals surface area (Å²) in [6.07, 6.45) is 1.45. The van der Waals surface area contributed by atoms with Gasteiger partial charge in [0.05, 0.1) is 5.69 Å². The highest BCUT2D eigenvalue weighted by Gasteiger charge is 2.03. The van der Waals surface area contributed by atoms with E-state index < -0.39 is 0 Å². The van der Waals surface area contributed by atoms with Crippen LogP contribution < -0.4 is 10.6 Å². The number of para-hydroxylation sites is 1. The number of rotatable bonds is 6.